The van der Waals surface area contributed by atoms with Crippen molar-refractivity contribution in [3.8, 4) is 5.75 Å². The van der Waals surface area contributed by atoms with Crippen molar-refractivity contribution >= 4 is 29.2 Å². The number of ether oxygens (including phenoxy) is 1. The molecule has 8 heteroatoms. The molecule has 0 unspecified atom stereocenters. The number of anilines is 1. The normalized spacial score (nSPS) is 10.3. The summed E-state index contributed by atoms with van der Waals surface area (Å²) >= 11 is 1.15. The van der Waals surface area contributed by atoms with Crippen LogP contribution in [0, 0.1) is 6.92 Å². The first-order valence-electron chi connectivity index (χ1n) is 7.75. The molecule has 0 saturated heterocycles. The highest BCUT2D eigenvalue weighted by atomic mass is 32.1. The van der Waals surface area contributed by atoms with Crippen molar-refractivity contribution in [3.63, 3.8) is 0 Å². The summed E-state index contributed by atoms with van der Waals surface area (Å²) in [5.41, 5.74) is 8.19. The summed E-state index contributed by atoms with van der Waals surface area (Å²) in [5, 5.41) is 2.73. The van der Waals surface area contributed by atoms with Gasteiger partial charge in [-0.15, -0.1) is 0 Å². The average molecular weight is 368 g/mol. The van der Waals surface area contributed by atoms with E-state index in [0.717, 1.165) is 23.1 Å². The number of primary amides is 1. The van der Waals surface area contributed by atoms with Crippen LogP contribution in [0.25, 0.3) is 0 Å². The Hall–Kier alpha value is -3.26. The number of nitrogens with two attached hydrogens (primary N) is 1. The zero-order chi connectivity index (χ0) is 18.5. The van der Waals surface area contributed by atoms with Gasteiger partial charge in [0.15, 0.2) is 0 Å². The van der Waals surface area contributed by atoms with E-state index in [1.807, 2.05) is 6.92 Å². The fourth-order valence-corrected chi connectivity index (χ4v) is 2.74. The summed E-state index contributed by atoms with van der Waals surface area (Å²) in [6.07, 6.45) is 0. The third kappa shape index (κ3) is 4.22. The van der Waals surface area contributed by atoms with Crippen LogP contribution in [0.4, 0.5) is 5.69 Å². The van der Waals surface area contributed by atoms with Crippen LogP contribution in [0.5, 0.6) is 5.75 Å². The van der Waals surface area contributed by atoms with Crippen LogP contribution >= 0.6 is 11.7 Å². The monoisotopic (exact) mass is 368 g/mol. The van der Waals surface area contributed by atoms with E-state index in [0.29, 0.717) is 29.2 Å². The van der Waals surface area contributed by atoms with E-state index in [2.05, 4.69) is 14.1 Å². The molecule has 1 aromatic heterocycles. The first-order chi connectivity index (χ1) is 12.5. The third-order valence-electron chi connectivity index (χ3n) is 3.64. The third-order valence-corrected chi connectivity index (χ3v) is 4.30. The maximum absolute atomic E-state index is 12.3. The van der Waals surface area contributed by atoms with E-state index in [-0.39, 0.29) is 5.91 Å². The molecule has 2 amide bonds. The van der Waals surface area contributed by atoms with Gasteiger partial charge >= 0.3 is 0 Å². The number of aryl methyl sites for hydroxylation is 1. The van der Waals surface area contributed by atoms with Crippen LogP contribution in [-0.4, -0.2) is 20.6 Å². The fourth-order valence-electron chi connectivity index (χ4n) is 2.19. The number of carbonyl (C=O) groups excluding carboxylic acids is 2. The molecule has 0 spiro atoms. The number of benzene rings is 2. The van der Waals surface area contributed by atoms with Crippen LogP contribution in [-0.2, 0) is 6.61 Å². The summed E-state index contributed by atoms with van der Waals surface area (Å²) in [5.74, 6) is -0.212. The Morgan fingerprint density at radius 2 is 1.88 bits per heavy atom. The number of aromatic nitrogens is 2. The Morgan fingerprint density at radius 3 is 2.54 bits per heavy atom. The van der Waals surface area contributed by atoms with E-state index >= 15 is 0 Å². The van der Waals surface area contributed by atoms with E-state index in [4.69, 9.17) is 10.5 Å². The van der Waals surface area contributed by atoms with Gasteiger partial charge in [-0.05, 0) is 49.4 Å². The van der Waals surface area contributed by atoms with Crippen LogP contribution in [0.1, 0.15) is 32.1 Å². The number of hydrogen-bond acceptors (Lipinski definition) is 6. The SMILES string of the molecule is Cc1nsnc1COc1ccc(C(=O)Nc2cccc(C(N)=O)c2)cc1. The van der Waals surface area contributed by atoms with Gasteiger partial charge < -0.3 is 15.8 Å². The molecule has 0 aliphatic heterocycles. The van der Waals surface area contributed by atoms with Gasteiger partial charge in [0.1, 0.15) is 18.1 Å². The Bertz CT molecular complexity index is 938. The topological polar surface area (TPSA) is 107 Å². The minimum atomic E-state index is -0.548. The number of nitrogens with one attached hydrogen (secondary N) is 1. The van der Waals surface area contributed by atoms with Gasteiger partial charge in [0, 0.05) is 16.8 Å². The van der Waals surface area contributed by atoms with Gasteiger partial charge in [0.2, 0.25) is 5.91 Å². The van der Waals surface area contributed by atoms with Crippen molar-refractivity contribution in [2.75, 3.05) is 5.32 Å². The number of amides is 2. The van der Waals surface area contributed by atoms with Crippen LogP contribution in [0.2, 0.25) is 0 Å². The summed E-state index contributed by atoms with van der Waals surface area (Å²) in [4.78, 5) is 23.5. The molecule has 3 aromatic rings. The Kier molecular flexibility index (Phi) is 5.23. The standard InChI is InChI=1S/C18H16N4O3S/c1-11-16(22-26-21-11)10-25-15-7-5-12(6-8-15)18(24)20-14-4-2-3-13(9-14)17(19)23/h2-9H,10H2,1H3,(H2,19,23)(H,20,24). The lowest BCUT2D eigenvalue weighted by Gasteiger charge is -2.08. The lowest BCUT2D eigenvalue weighted by molar-refractivity contribution is 0.0996. The summed E-state index contributed by atoms with van der Waals surface area (Å²) in [6.45, 7) is 2.21. The highest BCUT2D eigenvalue weighted by molar-refractivity contribution is 6.99. The predicted octanol–water partition coefficient (Wildman–Crippen LogP) is 2.78. The molecule has 1 heterocycles. The van der Waals surface area contributed by atoms with Crippen molar-refractivity contribution in [3.05, 3.63) is 71.0 Å². The first-order valence-corrected chi connectivity index (χ1v) is 8.48. The second-order valence-electron chi connectivity index (χ2n) is 5.51. The predicted molar refractivity (Wildman–Crippen MR) is 98.3 cm³/mol. The van der Waals surface area contributed by atoms with E-state index in [1.165, 1.54) is 6.07 Å². The van der Waals surface area contributed by atoms with Crippen LogP contribution < -0.4 is 15.8 Å². The zero-order valence-corrected chi connectivity index (χ0v) is 14.7. The minimum Gasteiger partial charge on any atom is -0.487 e. The molecule has 0 aliphatic carbocycles. The summed E-state index contributed by atoms with van der Waals surface area (Å²) in [6, 6.07) is 13.2. The van der Waals surface area contributed by atoms with Gasteiger partial charge in [0.25, 0.3) is 5.91 Å². The molecule has 26 heavy (non-hydrogen) atoms. The molecule has 132 valence electrons. The summed E-state index contributed by atoms with van der Waals surface area (Å²) in [7, 11) is 0. The van der Waals surface area contributed by atoms with Gasteiger partial charge in [-0.3, -0.25) is 9.59 Å². The second kappa shape index (κ2) is 7.75. The lowest BCUT2D eigenvalue weighted by atomic mass is 10.1. The molecule has 0 atom stereocenters. The Labute approximate surface area is 154 Å². The van der Waals surface area contributed by atoms with Gasteiger partial charge in [-0.25, -0.2) is 0 Å². The van der Waals surface area contributed by atoms with Crippen molar-refractivity contribution in [2.24, 2.45) is 5.73 Å². The Morgan fingerprint density at radius 1 is 1.12 bits per heavy atom. The molecular weight excluding hydrogens is 352 g/mol. The number of rotatable bonds is 6. The molecule has 3 N–H and O–H groups in total. The fraction of sp³-hybridized carbons (Fsp3) is 0.111. The molecule has 0 saturated carbocycles. The first kappa shape index (κ1) is 17.6. The number of carbonyl (C=O) groups is 2. The van der Waals surface area contributed by atoms with Gasteiger partial charge in [-0.1, -0.05) is 6.07 Å². The molecule has 0 radical (unpaired) electrons. The Balaban J connectivity index is 1.62. The van der Waals surface area contributed by atoms with Crippen molar-refractivity contribution in [1.29, 1.82) is 0 Å². The average Bonchev–Trinajstić information content (AvgIpc) is 3.05. The molecular formula is C18H16N4O3S. The largest absolute Gasteiger partial charge is 0.487 e. The highest BCUT2D eigenvalue weighted by Gasteiger charge is 2.09. The van der Waals surface area contributed by atoms with Gasteiger partial charge in [0.05, 0.1) is 17.4 Å². The van der Waals surface area contributed by atoms with Crippen molar-refractivity contribution < 1.29 is 14.3 Å². The van der Waals surface area contributed by atoms with Crippen molar-refractivity contribution in [2.45, 2.75) is 13.5 Å². The van der Waals surface area contributed by atoms with Gasteiger partial charge in [-0.2, -0.15) is 8.75 Å². The molecule has 3 rings (SSSR count). The van der Waals surface area contributed by atoms with E-state index in [1.54, 1.807) is 42.5 Å². The van der Waals surface area contributed by atoms with E-state index in [9.17, 15) is 9.59 Å². The number of hydrogen-bond donors (Lipinski definition) is 2. The molecule has 0 bridgehead atoms. The second-order valence-corrected chi connectivity index (χ2v) is 6.04. The molecule has 0 aliphatic rings. The lowest BCUT2D eigenvalue weighted by Crippen LogP contribution is -2.14. The summed E-state index contributed by atoms with van der Waals surface area (Å²) < 4.78 is 13.9. The molecule has 7 nitrogen and oxygen atoms in total. The smallest absolute Gasteiger partial charge is 0.255 e. The maximum Gasteiger partial charge on any atom is 0.255 e. The highest BCUT2D eigenvalue weighted by Crippen LogP contribution is 2.17. The quantitative estimate of drug-likeness (QED) is 0.696. The van der Waals surface area contributed by atoms with E-state index < -0.39 is 5.91 Å². The van der Waals surface area contributed by atoms with Crippen LogP contribution in [0.3, 0.4) is 0 Å². The maximum atomic E-state index is 12.3. The molecule has 2 aromatic carbocycles. The van der Waals surface area contributed by atoms with Crippen LogP contribution in [0.15, 0.2) is 48.5 Å². The number of nitrogens with zero attached hydrogens (tertiary/aromatic N) is 2. The molecule has 0 fully saturated rings. The zero-order valence-electron chi connectivity index (χ0n) is 13.9. The minimum absolute atomic E-state index is 0.294. The van der Waals surface area contributed by atoms with Crippen molar-refractivity contribution in [1.82, 2.24) is 8.75 Å².